The highest BCUT2D eigenvalue weighted by Crippen LogP contribution is 2.07. The average Bonchev–Trinajstić information content (AvgIpc) is 2.47. The highest BCUT2D eigenvalue weighted by molar-refractivity contribution is 5.76. The second-order valence-corrected chi connectivity index (χ2v) is 5.42. The Labute approximate surface area is 137 Å². The molecule has 0 spiro atoms. The molecule has 0 saturated carbocycles. The van der Waals surface area contributed by atoms with Gasteiger partial charge in [-0.25, -0.2) is 5.01 Å². The van der Waals surface area contributed by atoms with Gasteiger partial charge in [-0.2, -0.15) is 0 Å². The molecule has 0 aliphatic heterocycles. The first-order chi connectivity index (χ1) is 10.8. The van der Waals surface area contributed by atoms with Crippen molar-refractivity contribution < 1.29 is 29.0 Å². The molecule has 23 heavy (non-hydrogen) atoms. The summed E-state index contributed by atoms with van der Waals surface area (Å²) in [5, 5.41) is 11.3. The Kier molecular flexibility index (Phi) is 15.8. The number of hydrogen-bond donors (Lipinski definition) is 3. The molecule has 136 valence electrons. The van der Waals surface area contributed by atoms with Gasteiger partial charge in [0.05, 0.1) is 19.8 Å². The van der Waals surface area contributed by atoms with Crippen LogP contribution in [0.15, 0.2) is 0 Å². The van der Waals surface area contributed by atoms with Crippen molar-refractivity contribution in [2.75, 3.05) is 39.5 Å². The van der Waals surface area contributed by atoms with Gasteiger partial charge in [-0.1, -0.05) is 0 Å². The lowest BCUT2D eigenvalue weighted by Crippen LogP contribution is -2.48. The van der Waals surface area contributed by atoms with Crippen LogP contribution in [-0.2, 0) is 23.9 Å². The molecule has 0 rings (SSSR count). The number of aldehydes is 1. The third-order valence-corrected chi connectivity index (χ3v) is 2.57. The summed E-state index contributed by atoms with van der Waals surface area (Å²) < 4.78 is 10.1. The number of hydrazine groups is 1. The van der Waals surface area contributed by atoms with Crippen LogP contribution in [0.25, 0.3) is 0 Å². The van der Waals surface area contributed by atoms with E-state index in [2.05, 4.69) is 5.32 Å². The lowest BCUT2D eigenvalue weighted by molar-refractivity contribution is -0.123. The molecule has 0 unspecified atom stereocenters. The van der Waals surface area contributed by atoms with Crippen LogP contribution in [0.4, 0.5) is 0 Å². The summed E-state index contributed by atoms with van der Waals surface area (Å²) in [7, 11) is 0. The largest absolute Gasteiger partial charge is 0.483 e. The van der Waals surface area contributed by atoms with Crippen LogP contribution in [0.3, 0.4) is 0 Å². The van der Waals surface area contributed by atoms with Crippen LogP contribution in [0.5, 0.6) is 0 Å². The molecular weight excluding hydrogens is 306 g/mol. The Hall–Kier alpha value is -1.55. The summed E-state index contributed by atoms with van der Waals surface area (Å²) in [5.41, 5.74) is -0.148. The molecule has 0 atom stereocenters. The fourth-order valence-corrected chi connectivity index (χ4v) is 1.26. The Balaban J connectivity index is 0. The molecule has 9 nitrogen and oxygen atoms in total. The highest BCUT2D eigenvalue weighted by Gasteiger charge is 2.18. The van der Waals surface area contributed by atoms with E-state index < -0.39 is 0 Å². The SMILES string of the molecule is CC(C)(C)N(N)CCC(=O)NCCOCCOCC=O.O=CO. The normalized spacial score (nSPS) is 10.7. The van der Waals surface area contributed by atoms with Gasteiger partial charge in [-0.05, 0) is 20.8 Å². The zero-order valence-corrected chi connectivity index (χ0v) is 14.1. The Bertz CT molecular complexity index is 320. The second kappa shape index (κ2) is 15.3. The third-order valence-electron chi connectivity index (χ3n) is 2.57. The monoisotopic (exact) mass is 335 g/mol. The van der Waals surface area contributed by atoms with Gasteiger partial charge in [0.1, 0.15) is 12.9 Å². The second-order valence-electron chi connectivity index (χ2n) is 5.42. The minimum atomic E-state index is -0.250. The van der Waals surface area contributed by atoms with Crippen LogP contribution in [0.1, 0.15) is 27.2 Å². The summed E-state index contributed by atoms with van der Waals surface area (Å²) in [6.07, 6.45) is 1.05. The molecule has 4 N–H and O–H groups in total. The fourth-order valence-electron chi connectivity index (χ4n) is 1.26. The number of carbonyl (C=O) groups is 3. The standard InChI is InChI=1S/C13H27N3O4.CH2O2/c1-13(2,3)16(14)6-4-12(18)15-5-8-19-10-11-20-9-7-17;2-1-3/h7H,4-6,8-11,14H2,1-3H3,(H,15,18);1H,(H,2,3). The van der Waals surface area contributed by atoms with Crippen molar-refractivity contribution in [3.05, 3.63) is 0 Å². The van der Waals surface area contributed by atoms with Gasteiger partial charge in [0, 0.05) is 25.0 Å². The summed E-state index contributed by atoms with van der Waals surface area (Å²) in [6.45, 7) is 7.97. The minimum absolute atomic E-state index is 0.0505. The molecule has 0 bridgehead atoms. The molecule has 0 aliphatic carbocycles. The molecule has 0 aliphatic rings. The number of nitrogens with zero attached hydrogens (tertiary/aromatic N) is 1. The summed E-state index contributed by atoms with van der Waals surface area (Å²) in [5.74, 6) is 5.77. The van der Waals surface area contributed by atoms with E-state index in [4.69, 9.17) is 25.2 Å². The Morgan fingerprint density at radius 2 is 1.78 bits per heavy atom. The van der Waals surface area contributed by atoms with Crippen molar-refractivity contribution in [1.29, 1.82) is 0 Å². The predicted molar refractivity (Wildman–Crippen MR) is 84.7 cm³/mol. The topological polar surface area (TPSA) is 131 Å². The summed E-state index contributed by atoms with van der Waals surface area (Å²) in [4.78, 5) is 29.9. The van der Waals surface area contributed by atoms with Crippen molar-refractivity contribution in [2.24, 2.45) is 5.84 Å². The van der Waals surface area contributed by atoms with Gasteiger partial charge in [0.2, 0.25) is 5.91 Å². The van der Waals surface area contributed by atoms with Crippen LogP contribution < -0.4 is 11.2 Å². The van der Waals surface area contributed by atoms with Crippen molar-refractivity contribution in [3.8, 4) is 0 Å². The molecule has 1 amide bonds. The van der Waals surface area contributed by atoms with Crippen molar-refractivity contribution in [2.45, 2.75) is 32.7 Å². The summed E-state index contributed by atoms with van der Waals surface area (Å²) >= 11 is 0. The number of ether oxygens (including phenoxy) is 2. The number of hydrogen-bond acceptors (Lipinski definition) is 7. The van der Waals surface area contributed by atoms with E-state index in [-0.39, 0.29) is 24.5 Å². The van der Waals surface area contributed by atoms with E-state index in [1.165, 1.54) is 0 Å². The van der Waals surface area contributed by atoms with Gasteiger partial charge >= 0.3 is 0 Å². The van der Waals surface area contributed by atoms with E-state index >= 15 is 0 Å². The van der Waals surface area contributed by atoms with Gasteiger partial charge in [-0.15, -0.1) is 0 Å². The lowest BCUT2D eigenvalue weighted by atomic mass is 10.1. The van der Waals surface area contributed by atoms with Crippen molar-refractivity contribution in [3.63, 3.8) is 0 Å². The van der Waals surface area contributed by atoms with Crippen LogP contribution in [-0.4, -0.2) is 73.8 Å². The van der Waals surface area contributed by atoms with E-state index in [9.17, 15) is 9.59 Å². The number of nitrogens with one attached hydrogen (secondary N) is 1. The molecule has 9 heteroatoms. The van der Waals surface area contributed by atoms with Crippen molar-refractivity contribution in [1.82, 2.24) is 10.3 Å². The average molecular weight is 335 g/mol. The van der Waals surface area contributed by atoms with E-state index in [1.807, 2.05) is 20.8 Å². The van der Waals surface area contributed by atoms with Gasteiger partial charge < -0.3 is 24.7 Å². The molecule has 0 aromatic rings. The first-order valence-corrected chi connectivity index (χ1v) is 7.25. The molecule has 0 radical (unpaired) electrons. The first-order valence-electron chi connectivity index (χ1n) is 7.25. The predicted octanol–water partition coefficient (Wildman–Crippen LogP) is -0.600. The minimum Gasteiger partial charge on any atom is -0.483 e. The number of nitrogens with two attached hydrogens (primary N) is 1. The first kappa shape index (κ1) is 23.7. The van der Waals surface area contributed by atoms with Crippen LogP contribution in [0, 0.1) is 0 Å². The van der Waals surface area contributed by atoms with Crippen molar-refractivity contribution >= 4 is 18.7 Å². The zero-order valence-electron chi connectivity index (χ0n) is 14.1. The Morgan fingerprint density at radius 1 is 1.22 bits per heavy atom. The number of carboxylic acid groups (broad SMARTS) is 1. The molecule has 0 fully saturated rings. The summed E-state index contributed by atoms with van der Waals surface area (Å²) in [6, 6.07) is 0. The van der Waals surface area contributed by atoms with Crippen LogP contribution >= 0.6 is 0 Å². The van der Waals surface area contributed by atoms with Gasteiger partial charge in [0.15, 0.2) is 0 Å². The van der Waals surface area contributed by atoms with E-state index in [0.717, 1.165) is 0 Å². The quantitative estimate of drug-likeness (QED) is 0.197. The van der Waals surface area contributed by atoms with Crippen LogP contribution in [0.2, 0.25) is 0 Å². The maximum Gasteiger partial charge on any atom is 0.290 e. The molecule has 0 aromatic carbocycles. The van der Waals surface area contributed by atoms with Gasteiger partial charge in [-0.3, -0.25) is 15.4 Å². The lowest BCUT2D eigenvalue weighted by Gasteiger charge is -2.30. The maximum absolute atomic E-state index is 11.5. The number of rotatable bonds is 11. The van der Waals surface area contributed by atoms with E-state index in [1.54, 1.807) is 5.01 Å². The molecule has 0 aromatic heterocycles. The zero-order chi connectivity index (χ0) is 18.1. The Morgan fingerprint density at radius 3 is 2.30 bits per heavy atom. The molecular formula is C14H29N3O6. The molecule has 0 heterocycles. The highest BCUT2D eigenvalue weighted by atomic mass is 16.5. The number of amides is 1. The van der Waals surface area contributed by atoms with Gasteiger partial charge in [0.25, 0.3) is 6.47 Å². The third kappa shape index (κ3) is 18.4. The molecule has 0 saturated heterocycles. The fraction of sp³-hybridized carbons (Fsp3) is 0.786. The maximum atomic E-state index is 11.5. The smallest absolute Gasteiger partial charge is 0.290 e. The van der Waals surface area contributed by atoms with E-state index in [0.29, 0.717) is 45.6 Å². The number of carbonyl (C=O) groups excluding carboxylic acids is 2.